The molecule has 2 fully saturated rings. The average molecular weight is 332 g/mol. The second kappa shape index (κ2) is 7.86. The van der Waals surface area contributed by atoms with E-state index in [1.165, 1.54) is 0 Å². The molecule has 1 aromatic heterocycles. The number of likely N-dealkylation sites (tertiary alicyclic amines) is 1. The van der Waals surface area contributed by atoms with Crippen LogP contribution in [0, 0.1) is 17.8 Å². The van der Waals surface area contributed by atoms with Crippen molar-refractivity contribution < 1.29 is 14.0 Å². The molecular weight excluding hydrogens is 304 g/mol. The molecule has 2 aliphatic rings. The molecule has 3 rings (SSSR count). The van der Waals surface area contributed by atoms with Gasteiger partial charge in [-0.15, -0.1) is 0 Å². The van der Waals surface area contributed by atoms with Gasteiger partial charge in [0.05, 0.1) is 12.8 Å². The van der Waals surface area contributed by atoms with Gasteiger partial charge in [-0.25, -0.2) is 0 Å². The van der Waals surface area contributed by atoms with E-state index in [1.807, 2.05) is 17.0 Å². The van der Waals surface area contributed by atoms with Gasteiger partial charge in [-0.2, -0.15) is 0 Å². The predicted octanol–water partition coefficient (Wildman–Crippen LogP) is 2.96. The van der Waals surface area contributed by atoms with Crippen LogP contribution in [0.2, 0.25) is 0 Å². The van der Waals surface area contributed by atoms with E-state index in [1.54, 1.807) is 6.26 Å². The summed E-state index contributed by atoms with van der Waals surface area (Å²) in [7, 11) is 0. The molecule has 0 atom stereocenters. The number of hydrogen-bond acceptors (Lipinski definition) is 3. The Hall–Kier alpha value is -1.78. The fourth-order valence-electron chi connectivity index (χ4n) is 3.82. The molecule has 0 spiro atoms. The lowest BCUT2D eigenvalue weighted by Crippen LogP contribution is -2.43. The number of rotatable bonds is 4. The maximum absolute atomic E-state index is 12.6. The first kappa shape index (κ1) is 17.1. The lowest BCUT2D eigenvalue weighted by molar-refractivity contribution is -0.139. The van der Waals surface area contributed by atoms with Crippen molar-refractivity contribution in [1.29, 1.82) is 0 Å². The number of amides is 2. The first-order chi connectivity index (χ1) is 11.6. The lowest BCUT2D eigenvalue weighted by atomic mass is 9.80. The van der Waals surface area contributed by atoms with Crippen LogP contribution in [0.3, 0.4) is 0 Å². The van der Waals surface area contributed by atoms with E-state index in [0.717, 1.165) is 63.3 Å². The fourth-order valence-corrected chi connectivity index (χ4v) is 3.82. The van der Waals surface area contributed by atoms with E-state index in [4.69, 9.17) is 4.42 Å². The van der Waals surface area contributed by atoms with Crippen molar-refractivity contribution in [2.75, 3.05) is 13.1 Å². The molecule has 2 heterocycles. The first-order valence-corrected chi connectivity index (χ1v) is 9.22. The Labute approximate surface area is 143 Å². The van der Waals surface area contributed by atoms with Crippen molar-refractivity contribution in [2.45, 2.75) is 52.0 Å². The molecule has 0 bridgehead atoms. The van der Waals surface area contributed by atoms with Crippen LogP contribution < -0.4 is 5.32 Å². The van der Waals surface area contributed by atoms with Gasteiger partial charge in [0, 0.05) is 24.9 Å². The van der Waals surface area contributed by atoms with Gasteiger partial charge in [0.1, 0.15) is 5.76 Å². The number of carbonyl (C=O) groups excluding carboxylic acids is 2. The molecule has 5 heteroatoms. The monoisotopic (exact) mass is 332 g/mol. The molecule has 1 aliphatic heterocycles. The Morgan fingerprint density at radius 1 is 1.12 bits per heavy atom. The second-order valence-electron chi connectivity index (χ2n) is 7.35. The highest BCUT2D eigenvalue weighted by Crippen LogP contribution is 2.31. The molecule has 5 nitrogen and oxygen atoms in total. The summed E-state index contributed by atoms with van der Waals surface area (Å²) in [4.78, 5) is 26.9. The van der Waals surface area contributed by atoms with Crippen LogP contribution in [0.25, 0.3) is 0 Å². The number of nitrogens with zero attached hydrogens (tertiary/aromatic N) is 1. The normalized spacial score (nSPS) is 25.5. The highest BCUT2D eigenvalue weighted by atomic mass is 16.3. The van der Waals surface area contributed by atoms with Crippen molar-refractivity contribution in [3.8, 4) is 0 Å². The lowest BCUT2D eigenvalue weighted by Gasteiger charge is -2.35. The predicted molar refractivity (Wildman–Crippen MR) is 91.0 cm³/mol. The Kier molecular flexibility index (Phi) is 5.59. The topological polar surface area (TPSA) is 62.6 Å². The van der Waals surface area contributed by atoms with Gasteiger partial charge < -0.3 is 14.6 Å². The van der Waals surface area contributed by atoms with Crippen molar-refractivity contribution in [3.63, 3.8) is 0 Å². The largest absolute Gasteiger partial charge is 0.467 e. The highest BCUT2D eigenvalue weighted by Gasteiger charge is 2.33. The van der Waals surface area contributed by atoms with E-state index in [-0.39, 0.29) is 17.7 Å². The van der Waals surface area contributed by atoms with Gasteiger partial charge >= 0.3 is 0 Å². The molecule has 1 saturated carbocycles. The third kappa shape index (κ3) is 4.19. The van der Waals surface area contributed by atoms with Gasteiger partial charge in [0.2, 0.25) is 11.8 Å². The molecule has 1 aromatic rings. The highest BCUT2D eigenvalue weighted by molar-refractivity contribution is 5.81. The minimum absolute atomic E-state index is 0.0328. The maximum Gasteiger partial charge on any atom is 0.225 e. The number of furan rings is 1. The van der Waals surface area contributed by atoms with Crippen LogP contribution in [-0.2, 0) is 16.1 Å². The Balaban J connectivity index is 1.41. The first-order valence-electron chi connectivity index (χ1n) is 9.22. The number of hydrogen-bond donors (Lipinski definition) is 1. The molecular formula is C19H28N2O3. The SMILES string of the molecule is CC1CCN(C(=O)C2CCC(C(=O)NCc3ccco3)CC2)CC1. The average Bonchev–Trinajstić information content (AvgIpc) is 3.13. The summed E-state index contributed by atoms with van der Waals surface area (Å²) in [6.45, 7) is 4.51. The summed E-state index contributed by atoms with van der Waals surface area (Å²) in [6, 6.07) is 3.68. The quantitative estimate of drug-likeness (QED) is 0.922. The summed E-state index contributed by atoms with van der Waals surface area (Å²) in [5.41, 5.74) is 0. The summed E-state index contributed by atoms with van der Waals surface area (Å²) >= 11 is 0. The van der Waals surface area contributed by atoms with Crippen LogP contribution in [-0.4, -0.2) is 29.8 Å². The van der Waals surface area contributed by atoms with Crippen LogP contribution in [0.15, 0.2) is 22.8 Å². The fraction of sp³-hybridized carbons (Fsp3) is 0.684. The number of carbonyl (C=O) groups is 2. The molecule has 0 unspecified atom stereocenters. The van der Waals surface area contributed by atoms with E-state index in [9.17, 15) is 9.59 Å². The van der Waals surface area contributed by atoms with E-state index in [2.05, 4.69) is 12.2 Å². The molecule has 1 saturated heterocycles. The zero-order chi connectivity index (χ0) is 16.9. The summed E-state index contributed by atoms with van der Waals surface area (Å²) < 4.78 is 5.23. The second-order valence-corrected chi connectivity index (χ2v) is 7.35. The Morgan fingerprint density at radius 3 is 2.42 bits per heavy atom. The van der Waals surface area contributed by atoms with Gasteiger partial charge in [-0.3, -0.25) is 9.59 Å². The number of piperidine rings is 1. The van der Waals surface area contributed by atoms with Crippen molar-refractivity contribution in [3.05, 3.63) is 24.2 Å². The van der Waals surface area contributed by atoms with Crippen LogP contribution >= 0.6 is 0 Å². The van der Waals surface area contributed by atoms with Gasteiger partial charge in [0.15, 0.2) is 0 Å². The molecule has 2 amide bonds. The molecule has 132 valence electrons. The zero-order valence-corrected chi connectivity index (χ0v) is 14.5. The Morgan fingerprint density at radius 2 is 1.79 bits per heavy atom. The Bertz CT molecular complexity index is 539. The summed E-state index contributed by atoms with van der Waals surface area (Å²) in [6.07, 6.45) is 7.15. The zero-order valence-electron chi connectivity index (χ0n) is 14.5. The van der Waals surface area contributed by atoms with Gasteiger partial charge in [-0.1, -0.05) is 6.92 Å². The molecule has 1 N–H and O–H groups in total. The molecule has 24 heavy (non-hydrogen) atoms. The van der Waals surface area contributed by atoms with Crippen molar-refractivity contribution in [2.24, 2.45) is 17.8 Å². The molecule has 1 aliphatic carbocycles. The maximum atomic E-state index is 12.6. The third-order valence-electron chi connectivity index (χ3n) is 5.56. The van der Waals surface area contributed by atoms with E-state index in [0.29, 0.717) is 12.5 Å². The van der Waals surface area contributed by atoms with Crippen LogP contribution in [0.5, 0.6) is 0 Å². The van der Waals surface area contributed by atoms with Crippen molar-refractivity contribution >= 4 is 11.8 Å². The van der Waals surface area contributed by atoms with Gasteiger partial charge in [-0.05, 0) is 56.6 Å². The van der Waals surface area contributed by atoms with E-state index >= 15 is 0 Å². The summed E-state index contributed by atoms with van der Waals surface area (Å²) in [5, 5.41) is 2.94. The minimum Gasteiger partial charge on any atom is -0.467 e. The standard InChI is InChI=1S/C19H28N2O3/c1-14-8-10-21(11-9-14)19(23)16-6-4-15(5-7-16)18(22)20-13-17-3-2-12-24-17/h2-3,12,14-16H,4-11,13H2,1H3,(H,20,22). The smallest absolute Gasteiger partial charge is 0.225 e. The molecule has 0 radical (unpaired) electrons. The van der Waals surface area contributed by atoms with Crippen molar-refractivity contribution in [1.82, 2.24) is 10.2 Å². The third-order valence-corrected chi connectivity index (χ3v) is 5.56. The van der Waals surface area contributed by atoms with E-state index < -0.39 is 0 Å². The minimum atomic E-state index is 0.0328. The van der Waals surface area contributed by atoms with Crippen LogP contribution in [0.4, 0.5) is 0 Å². The number of nitrogens with one attached hydrogen (secondary N) is 1. The summed E-state index contributed by atoms with van der Waals surface area (Å²) in [5.74, 6) is 2.06. The van der Waals surface area contributed by atoms with Crippen LogP contribution in [0.1, 0.15) is 51.2 Å². The van der Waals surface area contributed by atoms with Gasteiger partial charge in [0.25, 0.3) is 0 Å². The molecule has 0 aromatic carbocycles.